The first-order chi connectivity index (χ1) is 14.6. The summed E-state index contributed by atoms with van der Waals surface area (Å²) >= 11 is 0. The van der Waals surface area contributed by atoms with Crippen LogP contribution in [0, 0.1) is 12.7 Å². The second-order valence-corrected chi connectivity index (χ2v) is 7.62. The molecule has 30 heavy (non-hydrogen) atoms. The van der Waals surface area contributed by atoms with Crippen LogP contribution in [0.1, 0.15) is 35.7 Å². The number of piperidine rings is 1. The normalized spacial score (nSPS) is 16.3. The lowest BCUT2D eigenvalue weighted by molar-refractivity contribution is -0.131. The van der Waals surface area contributed by atoms with E-state index in [1.54, 1.807) is 30.7 Å². The first-order valence-electron chi connectivity index (χ1n) is 10.1. The Morgan fingerprint density at radius 2 is 2.07 bits per heavy atom. The van der Waals surface area contributed by atoms with E-state index in [4.69, 9.17) is 4.98 Å². The molecule has 3 heterocycles. The number of nitrogens with zero attached hydrogens (tertiary/aromatic N) is 4. The highest BCUT2D eigenvalue weighted by atomic mass is 19.1. The molecule has 1 unspecified atom stereocenters. The standard InChI is InChI=1S/C23H24FN5O/c1-16-11-20(28-22-14-25-8-9-26-22)13-21(27-16)18-3-2-10-29(15-18)23(30)12-17-4-6-19(24)7-5-17/h4-9,11,13-14,18H,2-3,10,12,15H2,1H3,(H,26,27,28). The van der Waals surface area contributed by atoms with Crippen molar-refractivity contribution >= 4 is 17.4 Å². The molecule has 1 saturated heterocycles. The van der Waals surface area contributed by atoms with Gasteiger partial charge in [-0.25, -0.2) is 9.37 Å². The third-order valence-electron chi connectivity index (χ3n) is 5.27. The molecule has 4 rings (SSSR count). The van der Waals surface area contributed by atoms with Crippen LogP contribution in [0.5, 0.6) is 0 Å². The molecule has 1 atom stereocenters. The fourth-order valence-corrected chi connectivity index (χ4v) is 3.82. The fourth-order valence-electron chi connectivity index (χ4n) is 3.82. The molecule has 1 fully saturated rings. The lowest BCUT2D eigenvalue weighted by atomic mass is 9.93. The zero-order chi connectivity index (χ0) is 20.9. The van der Waals surface area contributed by atoms with Gasteiger partial charge in [0.05, 0.1) is 12.6 Å². The molecule has 1 aliphatic heterocycles. The average Bonchev–Trinajstić information content (AvgIpc) is 2.76. The Morgan fingerprint density at radius 1 is 1.23 bits per heavy atom. The van der Waals surface area contributed by atoms with Crippen molar-refractivity contribution in [3.8, 4) is 0 Å². The van der Waals surface area contributed by atoms with Crippen LogP contribution in [0.25, 0.3) is 0 Å². The highest BCUT2D eigenvalue weighted by Gasteiger charge is 2.26. The van der Waals surface area contributed by atoms with Gasteiger partial charge in [0, 0.05) is 48.5 Å². The summed E-state index contributed by atoms with van der Waals surface area (Å²) in [5.41, 5.74) is 3.62. The summed E-state index contributed by atoms with van der Waals surface area (Å²) in [4.78, 5) is 27.8. The number of rotatable bonds is 5. The van der Waals surface area contributed by atoms with Gasteiger partial charge in [0.25, 0.3) is 0 Å². The van der Waals surface area contributed by atoms with Gasteiger partial charge in [0.1, 0.15) is 11.6 Å². The number of nitrogens with one attached hydrogen (secondary N) is 1. The molecule has 2 aromatic heterocycles. The number of hydrogen-bond donors (Lipinski definition) is 1. The molecule has 0 bridgehead atoms. The third kappa shape index (κ3) is 4.97. The Morgan fingerprint density at radius 3 is 2.83 bits per heavy atom. The molecule has 1 amide bonds. The zero-order valence-electron chi connectivity index (χ0n) is 16.9. The Hall–Kier alpha value is -3.35. The molecule has 6 nitrogen and oxygen atoms in total. The number of aryl methyl sites for hydroxylation is 1. The predicted octanol–water partition coefficient (Wildman–Crippen LogP) is 4.01. The minimum atomic E-state index is -0.291. The molecule has 1 aliphatic rings. The third-order valence-corrected chi connectivity index (χ3v) is 5.27. The first-order valence-corrected chi connectivity index (χ1v) is 10.1. The van der Waals surface area contributed by atoms with E-state index in [-0.39, 0.29) is 24.1 Å². The summed E-state index contributed by atoms with van der Waals surface area (Å²) in [6.07, 6.45) is 7.15. The maximum Gasteiger partial charge on any atom is 0.227 e. The molecule has 0 saturated carbocycles. The van der Waals surface area contributed by atoms with E-state index < -0.39 is 0 Å². The van der Waals surface area contributed by atoms with E-state index in [0.29, 0.717) is 12.4 Å². The smallest absolute Gasteiger partial charge is 0.227 e. The van der Waals surface area contributed by atoms with Crippen LogP contribution in [0.2, 0.25) is 0 Å². The van der Waals surface area contributed by atoms with Crippen LogP contribution in [-0.4, -0.2) is 38.8 Å². The van der Waals surface area contributed by atoms with Gasteiger partial charge in [0.2, 0.25) is 5.91 Å². The molecule has 1 N–H and O–H groups in total. The van der Waals surface area contributed by atoms with Gasteiger partial charge >= 0.3 is 0 Å². The highest BCUT2D eigenvalue weighted by molar-refractivity contribution is 5.79. The van der Waals surface area contributed by atoms with E-state index in [0.717, 1.165) is 42.0 Å². The molecule has 1 aromatic carbocycles. The van der Waals surface area contributed by atoms with Crippen LogP contribution >= 0.6 is 0 Å². The van der Waals surface area contributed by atoms with Crippen molar-refractivity contribution in [2.75, 3.05) is 18.4 Å². The fraction of sp³-hybridized carbons (Fsp3) is 0.304. The van der Waals surface area contributed by atoms with E-state index >= 15 is 0 Å². The van der Waals surface area contributed by atoms with Crippen LogP contribution in [0.3, 0.4) is 0 Å². The van der Waals surface area contributed by atoms with Crippen molar-refractivity contribution in [2.24, 2.45) is 0 Å². The SMILES string of the molecule is Cc1cc(Nc2cnccn2)cc(C2CCCN(C(=O)Cc3ccc(F)cc3)C2)n1. The Balaban J connectivity index is 1.46. The Bertz CT molecular complexity index is 1010. The number of aromatic nitrogens is 3. The summed E-state index contributed by atoms with van der Waals surface area (Å²) in [7, 11) is 0. The molecule has 7 heteroatoms. The average molecular weight is 405 g/mol. The minimum Gasteiger partial charge on any atom is -0.342 e. The van der Waals surface area contributed by atoms with Gasteiger partial charge in [-0.2, -0.15) is 0 Å². The lowest BCUT2D eigenvalue weighted by Gasteiger charge is -2.33. The van der Waals surface area contributed by atoms with Crippen LogP contribution in [0.4, 0.5) is 15.9 Å². The van der Waals surface area contributed by atoms with Gasteiger partial charge < -0.3 is 10.2 Å². The van der Waals surface area contributed by atoms with E-state index in [9.17, 15) is 9.18 Å². The minimum absolute atomic E-state index is 0.0665. The van der Waals surface area contributed by atoms with Crippen molar-refractivity contribution < 1.29 is 9.18 Å². The summed E-state index contributed by atoms with van der Waals surface area (Å²) in [5.74, 6) is 0.629. The lowest BCUT2D eigenvalue weighted by Crippen LogP contribution is -2.40. The second kappa shape index (κ2) is 8.98. The number of benzene rings is 1. The predicted molar refractivity (Wildman–Crippen MR) is 113 cm³/mol. The first kappa shape index (κ1) is 19.9. The number of pyridine rings is 1. The number of hydrogen-bond acceptors (Lipinski definition) is 5. The number of carbonyl (C=O) groups excluding carboxylic acids is 1. The van der Waals surface area contributed by atoms with Gasteiger partial charge in [-0.15, -0.1) is 0 Å². The van der Waals surface area contributed by atoms with Crippen LogP contribution in [0.15, 0.2) is 55.0 Å². The zero-order valence-corrected chi connectivity index (χ0v) is 16.9. The Labute approximate surface area is 175 Å². The summed E-state index contributed by atoms with van der Waals surface area (Å²) < 4.78 is 13.1. The van der Waals surface area contributed by atoms with Crippen molar-refractivity contribution in [1.82, 2.24) is 19.9 Å². The molecule has 0 aliphatic carbocycles. The van der Waals surface area contributed by atoms with Crippen molar-refractivity contribution in [3.63, 3.8) is 0 Å². The Kier molecular flexibility index (Phi) is 5.97. The van der Waals surface area contributed by atoms with E-state index in [1.807, 2.05) is 24.0 Å². The summed E-state index contributed by atoms with van der Waals surface area (Å²) in [5, 5.41) is 3.27. The number of likely N-dealkylation sites (tertiary alicyclic amines) is 1. The van der Waals surface area contributed by atoms with Gasteiger partial charge in [-0.1, -0.05) is 12.1 Å². The molecule has 154 valence electrons. The molecule has 0 spiro atoms. The maximum atomic E-state index is 13.1. The van der Waals surface area contributed by atoms with E-state index in [1.165, 1.54) is 12.1 Å². The molecule has 3 aromatic rings. The number of anilines is 2. The van der Waals surface area contributed by atoms with Gasteiger partial charge in [-0.05, 0) is 49.6 Å². The van der Waals surface area contributed by atoms with Crippen molar-refractivity contribution in [1.29, 1.82) is 0 Å². The highest BCUT2D eigenvalue weighted by Crippen LogP contribution is 2.29. The van der Waals surface area contributed by atoms with Gasteiger partial charge in [0.15, 0.2) is 0 Å². The number of amides is 1. The summed E-state index contributed by atoms with van der Waals surface area (Å²) in [6.45, 7) is 3.35. The largest absolute Gasteiger partial charge is 0.342 e. The summed E-state index contributed by atoms with van der Waals surface area (Å²) in [6, 6.07) is 10.1. The quantitative estimate of drug-likeness (QED) is 0.694. The second-order valence-electron chi connectivity index (χ2n) is 7.62. The van der Waals surface area contributed by atoms with Crippen molar-refractivity contribution in [3.05, 3.63) is 77.8 Å². The molecular weight excluding hydrogens is 381 g/mol. The maximum absolute atomic E-state index is 13.1. The van der Waals surface area contributed by atoms with Crippen molar-refractivity contribution in [2.45, 2.75) is 32.1 Å². The topological polar surface area (TPSA) is 71.0 Å². The van der Waals surface area contributed by atoms with Crippen LogP contribution < -0.4 is 5.32 Å². The molecule has 0 radical (unpaired) electrons. The number of halogens is 1. The molecular formula is C23H24FN5O. The van der Waals surface area contributed by atoms with Crippen LogP contribution in [-0.2, 0) is 11.2 Å². The number of carbonyl (C=O) groups is 1. The van der Waals surface area contributed by atoms with Gasteiger partial charge in [-0.3, -0.25) is 14.8 Å². The van der Waals surface area contributed by atoms with E-state index in [2.05, 4.69) is 15.3 Å². The monoisotopic (exact) mass is 405 g/mol.